The van der Waals surface area contributed by atoms with Gasteiger partial charge in [0, 0.05) is 6.42 Å². The number of hydrogen-bond acceptors (Lipinski definition) is 10. The molecule has 11 nitrogen and oxygen atoms in total. The van der Waals surface area contributed by atoms with Crippen molar-refractivity contribution in [3.8, 4) is 0 Å². The molecule has 0 bridgehead atoms. The molecule has 0 aromatic carbocycles. The number of aliphatic carboxylic acids is 1. The maximum atomic E-state index is 11.1. The van der Waals surface area contributed by atoms with Crippen LogP contribution in [-0.4, -0.2) is 91.5 Å². The summed E-state index contributed by atoms with van der Waals surface area (Å²) in [5, 5.41) is 57.1. The van der Waals surface area contributed by atoms with E-state index in [1.165, 1.54) is 0 Å². The predicted octanol–water partition coefficient (Wildman–Crippen LogP) is -4.12. The molecule has 2 unspecified atom stereocenters. The molecule has 7 atom stereocenters. The van der Waals surface area contributed by atoms with Crippen molar-refractivity contribution < 1.29 is 49.7 Å². The Kier molecular flexibility index (Phi) is 6.41. The van der Waals surface area contributed by atoms with Crippen molar-refractivity contribution in [2.75, 3.05) is 6.61 Å². The molecule has 0 spiro atoms. The first-order valence-corrected chi connectivity index (χ1v) is 6.77. The lowest BCUT2D eigenvalue weighted by Crippen LogP contribution is -2.65. The molecule has 134 valence electrons. The highest BCUT2D eigenvalue weighted by atomic mass is 16.7. The fourth-order valence-corrected chi connectivity index (χ4v) is 2.03. The van der Waals surface area contributed by atoms with E-state index >= 15 is 0 Å². The van der Waals surface area contributed by atoms with E-state index < -0.39 is 67.3 Å². The summed E-state index contributed by atoms with van der Waals surface area (Å²) < 4.78 is 9.33. The molecule has 1 saturated heterocycles. The lowest BCUT2D eigenvalue weighted by Gasteiger charge is -2.43. The quantitative estimate of drug-likeness (QED) is 0.232. The van der Waals surface area contributed by atoms with Gasteiger partial charge in [0.05, 0.1) is 12.1 Å². The van der Waals surface area contributed by atoms with Crippen LogP contribution in [-0.2, 0) is 19.1 Å². The van der Waals surface area contributed by atoms with E-state index in [0.717, 1.165) is 6.92 Å². The van der Waals surface area contributed by atoms with Gasteiger partial charge in [-0.25, -0.2) is 9.59 Å². The van der Waals surface area contributed by atoms with Crippen LogP contribution in [0.25, 0.3) is 0 Å². The number of carboxylic acids is 1. The number of ether oxygens (including phenoxy) is 2. The van der Waals surface area contributed by atoms with E-state index in [-0.39, 0.29) is 0 Å². The van der Waals surface area contributed by atoms with Crippen LogP contribution in [0.3, 0.4) is 0 Å². The van der Waals surface area contributed by atoms with E-state index in [4.69, 9.17) is 20.7 Å². The predicted molar refractivity (Wildman–Crippen MR) is 70.7 cm³/mol. The minimum Gasteiger partial charge on any atom is -0.477 e. The van der Waals surface area contributed by atoms with Gasteiger partial charge in [-0.15, -0.1) is 0 Å². The summed E-state index contributed by atoms with van der Waals surface area (Å²) in [6.07, 6.45) is -8.94. The molecule has 11 heteroatoms. The Morgan fingerprint density at radius 3 is 2.43 bits per heavy atom. The minimum absolute atomic E-state index is 0.722. The van der Waals surface area contributed by atoms with Crippen molar-refractivity contribution in [3.63, 3.8) is 0 Å². The van der Waals surface area contributed by atoms with Crippen LogP contribution in [0.4, 0.5) is 0 Å². The maximum absolute atomic E-state index is 11.1. The van der Waals surface area contributed by atoms with Gasteiger partial charge >= 0.3 is 11.9 Å². The van der Waals surface area contributed by atoms with Gasteiger partial charge in [0.15, 0.2) is 0 Å². The van der Waals surface area contributed by atoms with E-state index in [0.29, 0.717) is 0 Å². The summed E-state index contributed by atoms with van der Waals surface area (Å²) in [5.41, 5.74) is 5.59. The molecule has 0 aliphatic carbocycles. The first-order valence-electron chi connectivity index (χ1n) is 6.77. The number of rotatable bonds is 6. The second kappa shape index (κ2) is 7.49. The third kappa shape index (κ3) is 4.57. The lowest BCUT2D eigenvalue weighted by atomic mass is 9.89. The third-order valence-electron chi connectivity index (χ3n) is 3.44. The van der Waals surface area contributed by atoms with Crippen LogP contribution in [0.5, 0.6) is 0 Å². The van der Waals surface area contributed by atoms with E-state index in [1.54, 1.807) is 0 Å². The van der Waals surface area contributed by atoms with Gasteiger partial charge in [-0.3, -0.25) is 0 Å². The Hall–Kier alpha value is -1.34. The highest BCUT2D eigenvalue weighted by molar-refractivity contribution is 5.75. The molecule has 8 N–H and O–H groups in total. The number of aliphatic hydroxyl groups excluding tert-OH is 4. The molecule has 0 aromatic heterocycles. The molecule has 1 rings (SSSR count). The molecule has 0 aromatic rings. The van der Waals surface area contributed by atoms with E-state index in [1.807, 2.05) is 0 Å². The molecule has 1 aliphatic heterocycles. The summed E-state index contributed by atoms with van der Waals surface area (Å²) >= 11 is 0. The first-order chi connectivity index (χ1) is 10.5. The summed E-state index contributed by atoms with van der Waals surface area (Å²) in [7, 11) is 0. The van der Waals surface area contributed by atoms with Crippen molar-refractivity contribution >= 4 is 11.9 Å². The zero-order chi connectivity index (χ0) is 17.9. The van der Waals surface area contributed by atoms with Crippen molar-refractivity contribution in [2.45, 2.75) is 55.7 Å². The highest BCUT2D eigenvalue weighted by Gasteiger charge is 2.52. The average Bonchev–Trinajstić information content (AvgIpc) is 2.47. The Morgan fingerprint density at radius 1 is 1.39 bits per heavy atom. The fourth-order valence-electron chi connectivity index (χ4n) is 2.03. The van der Waals surface area contributed by atoms with Gasteiger partial charge in [0.25, 0.3) is 5.79 Å². The fraction of sp³-hybridized carbons (Fsp3) is 0.833. The number of esters is 1. The highest BCUT2D eigenvalue weighted by Crippen LogP contribution is 2.29. The Labute approximate surface area is 130 Å². The molecular weight excluding hydrogens is 318 g/mol. The molecule has 0 radical (unpaired) electrons. The van der Waals surface area contributed by atoms with Gasteiger partial charge in [0.2, 0.25) is 0 Å². The molecule has 1 aliphatic rings. The third-order valence-corrected chi connectivity index (χ3v) is 3.44. The minimum atomic E-state index is -2.78. The molecule has 1 heterocycles. The van der Waals surface area contributed by atoms with Crippen LogP contribution in [0.2, 0.25) is 0 Å². The number of carbonyl (C=O) groups excluding carboxylic acids is 1. The van der Waals surface area contributed by atoms with Gasteiger partial charge in [-0.2, -0.15) is 0 Å². The normalized spacial score (nSPS) is 35.2. The number of carboxylic acid groups (broad SMARTS) is 1. The molecule has 23 heavy (non-hydrogen) atoms. The van der Waals surface area contributed by atoms with Crippen molar-refractivity contribution in [3.05, 3.63) is 0 Å². The van der Waals surface area contributed by atoms with Gasteiger partial charge in [0.1, 0.15) is 31.0 Å². The van der Waals surface area contributed by atoms with Crippen LogP contribution in [0.1, 0.15) is 13.3 Å². The molecule has 0 saturated carbocycles. The monoisotopic (exact) mass is 339 g/mol. The molecule has 1 fully saturated rings. The second-order valence-electron chi connectivity index (χ2n) is 5.38. The SMILES string of the molecule is CC(O)C(=O)OC[C@@H](O)[C@@H](O)[C@@H]1OC(O)(C(=O)O)C[C@H](O)[C@H]1N. The first kappa shape index (κ1) is 19.7. The summed E-state index contributed by atoms with van der Waals surface area (Å²) in [6.45, 7) is 0.397. The second-order valence-corrected chi connectivity index (χ2v) is 5.38. The van der Waals surface area contributed by atoms with Crippen LogP contribution >= 0.6 is 0 Å². The largest absolute Gasteiger partial charge is 0.477 e. The Balaban J connectivity index is 2.77. The van der Waals surface area contributed by atoms with Crippen LogP contribution in [0, 0.1) is 0 Å². The Morgan fingerprint density at radius 2 is 1.96 bits per heavy atom. The maximum Gasteiger partial charge on any atom is 0.364 e. The number of nitrogens with two attached hydrogens (primary N) is 1. The lowest BCUT2D eigenvalue weighted by molar-refractivity contribution is -0.292. The zero-order valence-electron chi connectivity index (χ0n) is 12.3. The van der Waals surface area contributed by atoms with E-state index in [9.17, 15) is 30.0 Å². The Bertz CT molecular complexity index is 444. The van der Waals surface area contributed by atoms with E-state index in [2.05, 4.69) is 4.74 Å². The standard InChI is InChI=1S/C12H21NO10/c1-4(14)10(18)22-3-6(16)8(17)9-7(13)5(15)2-12(21,23-9)11(19)20/h4-9,14-17,21H,2-3,13H2,1H3,(H,19,20)/t4?,5-,6+,7+,8+,9+,12?/m0/s1. The summed E-state index contributed by atoms with van der Waals surface area (Å²) in [6, 6.07) is -1.30. The molecule has 0 amide bonds. The van der Waals surface area contributed by atoms with Gasteiger partial charge < -0.3 is 45.8 Å². The number of carbonyl (C=O) groups is 2. The summed E-state index contributed by atoms with van der Waals surface area (Å²) in [5.74, 6) is -5.63. The number of aliphatic hydroxyl groups is 5. The topological polar surface area (TPSA) is 200 Å². The number of hydrogen-bond donors (Lipinski definition) is 7. The molecular formula is C12H21NO10. The van der Waals surface area contributed by atoms with Crippen molar-refractivity contribution in [1.29, 1.82) is 0 Å². The van der Waals surface area contributed by atoms with Gasteiger partial charge in [-0.05, 0) is 6.92 Å². The zero-order valence-corrected chi connectivity index (χ0v) is 12.3. The van der Waals surface area contributed by atoms with Crippen LogP contribution < -0.4 is 5.73 Å². The average molecular weight is 339 g/mol. The summed E-state index contributed by atoms with van der Waals surface area (Å²) in [4.78, 5) is 22.1. The van der Waals surface area contributed by atoms with Crippen molar-refractivity contribution in [2.24, 2.45) is 5.73 Å². The smallest absolute Gasteiger partial charge is 0.364 e. The van der Waals surface area contributed by atoms with Crippen LogP contribution in [0.15, 0.2) is 0 Å². The van der Waals surface area contributed by atoms with Gasteiger partial charge in [-0.1, -0.05) is 0 Å². The van der Waals surface area contributed by atoms with Crippen molar-refractivity contribution in [1.82, 2.24) is 0 Å².